The van der Waals surface area contributed by atoms with Gasteiger partial charge in [0.2, 0.25) is 0 Å². The number of aromatic nitrogens is 2. The van der Waals surface area contributed by atoms with Gasteiger partial charge in [-0.15, -0.1) is 0 Å². The van der Waals surface area contributed by atoms with E-state index in [-0.39, 0.29) is 5.56 Å². The first-order valence-electron chi connectivity index (χ1n) is 5.22. The molecule has 1 atom stereocenters. The highest BCUT2D eigenvalue weighted by atomic mass is 19.1. The molecule has 1 heterocycles. The summed E-state index contributed by atoms with van der Waals surface area (Å²) in [5.74, 6) is -1.15. The fraction of sp³-hybridized carbons (Fsp3) is 0.250. The van der Waals surface area contributed by atoms with Gasteiger partial charge in [0.15, 0.2) is 0 Å². The Hall–Kier alpha value is -1.75. The van der Waals surface area contributed by atoms with Gasteiger partial charge in [0.05, 0.1) is 18.1 Å². The SMILES string of the molecule is CNC(c1cn(C)cn1)c1c(F)cccc1F. The van der Waals surface area contributed by atoms with Crippen LogP contribution < -0.4 is 5.32 Å². The monoisotopic (exact) mass is 237 g/mol. The van der Waals surface area contributed by atoms with Crippen LogP contribution in [0.15, 0.2) is 30.7 Å². The predicted molar refractivity (Wildman–Crippen MR) is 60.5 cm³/mol. The fourth-order valence-corrected chi connectivity index (χ4v) is 1.81. The molecule has 1 aromatic carbocycles. The van der Waals surface area contributed by atoms with E-state index in [2.05, 4.69) is 10.3 Å². The lowest BCUT2D eigenvalue weighted by Gasteiger charge is -2.15. The number of hydrogen-bond donors (Lipinski definition) is 1. The largest absolute Gasteiger partial charge is 0.340 e. The quantitative estimate of drug-likeness (QED) is 0.885. The number of nitrogens with zero attached hydrogens (tertiary/aromatic N) is 2. The lowest BCUT2D eigenvalue weighted by molar-refractivity contribution is 0.518. The smallest absolute Gasteiger partial charge is 0.131 e. The number of aryl methyl sites for hydroxylation is 1. The van der Waals surface area contributed by atoms with E-state index in [0.717, 1.165) is 0 Å². The van der Waals surface area contributed by atoms with Crippen molar-refractivity contribution < 1.29 is 8.78 Å². The second-order valence-electron chi connectivity index (χ2n) is 3.82. The highest BCUT2D eigenvalue weighted by Gasteiger charge is 2.21. The molecule has 0 spiro atoms. The average Bonchev–Trinajstić information content (AvgIpc) is 2.70. The normalized spacial score (nSPS) is 12.7. The third-order valence-electron chi connectivity index (χ3n) is 2.60. The van der Waals surface area contributed by atoms with Crippen LogP contribution in [0.2, 0.25) is 0 Å². The molecule has 1 unspecified atom stereocenters. The molecule has 0 aliphatic rings. The van der Waals surface area contributed by atoms with Gasteiger partial charge in [-0.1, -0.05) is 6.07 Å². The van der Waals surface area contributed by atoms with E-state index in [4.69, 9.17) is 0 Å². The van der Waals surface area contributed by atoms with E-state index in [0.29, 0.717) is 5.69 Å². The minimum Gasteiger partial charge on any atom is -0.340 e. The van der Waals surface area contributed by atoms with Crippen LogP contribution in [0, 0.1) is 11.6 Å². The van der Waals surface area contributed by atoms with Gasteiger partial charge in [-0.2, -0.15) is 0 Å². The van der Waals surface area contributed by atoms with Crippen LogP contribution in [0.4, 0.5) is 8.78 Å². The van der Waals surface area contributed by atoms with Crippen LogP contribution in [0.3, 0.4) is 0 Å². The molecule has 5 heteroatoms. The van der Waals surface area contributed by atoms with Crippen molar-refractivity contribution >= 4 is 0 Å². The summed E-state index contributed by atoms with van der Waals surface area (Å²) in [4.78, 5) is 4.11. The van der Waals surface area contributed by atoms with Crippen molar-refractivity contribution in [1.82, 2.24) is 14.9 Å². The zero-order valence-corrected chi connectivity index (χ0v) is 9.61. The van der Waals surface area contributed by atoms with Crippen molar-refractivity contribution in [2.45, 2.75) is 6.04 Å². The molecule has 0 aliphatic heterocycles. The van der Waals surface area contributed by atoms with Crippen molar-refractivity contribution in [3.05, 3.63) is 53.6 Å². The Morgan fingerprint density at radius 3 is 2.41 bits per heavy atom. The minimum atomic E-state index is -0.586. The molecule has 2 rings (SSSR count). The first-order chi connectivity index (χ1) is 8.13. The van der Waals surface area contributed by atoms with Crippen molar-refractivity contribution in [3.8, 4) is 0 Å². The van der Waals surface area contributed by atoms with E-state index in [1.807, 2.05) is 0 Å². The summed E-state index contributed by atoms with van der Waals surface area (Å²) in [6.45, 7) is 0. The van der Waals surface area contributed by atoms with Gasteiger partial charge in [0.1, 0.15) is 11.6 Å². The lowest BCUT2D eigenvalue weighted by atomic mass is 10.0. The van der Waals surface area contributed by atoms with Gasteiger partial charge >= 0.3 is 0 Å². The first kappa shape index (κ1) is 11.7. The number of rotatable bonds is 3. The van der Waals surface area contributed by atoms with Gasteiger partial charge in [0, 0.05) is 18.8 Å². The summed E-state index contributed by atoms with van der Waals surface area (Å²) in [5, 5.41) is 2.87. The number of hydrogen-bond acceptors (Lipinski definition) is 2. The molecular weight excluding hydrogens is 224 g/mol. The maximum atomic E-state index is 13.7. The maximum Gasteiger partial charge on any atom is 0.131 e. The van der Waals surface area contributed by atoms with Crippen LogP contribution in [0.1, 0.15) is 17.3 Å². The third-order valence-corrected chi connectivity index (χ3v) is 2.60. The lowest BCUT2D eigenvalue weighted by Crippen LogP contribution is -2.20. The average molecular weight is 237 g/mol. The molecule has 0 amide bonds. The zero-order chi connectivity index (χ0) is 12.4. The Labute approximate surface area is 98.1 Å². The van der Waals surface area contributed by atoms with Crippen LogP contribution in [-0.4, -0.2) is 16.6 Å². The summed E-state index contributed by atoms with van der Waals surface area (Å²) in [5.41, 5.74) is 0.577. The molecule has 1 N–H and O–H groups in total. The van der Waals surface area contributed by atoms with E-state index in [9.17, 15) is 8.78 Å². The highest BCUT2D eigenvalue weighted by Crippen LogP contribution is 2.25. The molecule has 0 saturated carbocycles. The van der Waals surface area contributed by atoms with Crippen LogP contribution in [-0.2, 0) is 7.05 Å². The first-order valence-corrected chi connectivity index (χ1v) is 5.22. The molecule has 0 bridgehead atoms. The Morgan fingerprint density at radius 2 is 1.94 bits per heavy atom. The number of benzene rings is 1. The Kier molecular flexibility index (Phi) is 3.19. The Morgan fingerprint density at radius 1 is 1.29 bits per heavy atom. The number of halogens is 2. The summed E-state index contributed by atoms with van der Waals surface area (Å²) in [6, 6.07) is 3.24. The maximum absolute atomic E-state index is 13.7. The standard InChI is InChI=1S/C12H13F2N3/c1-15-12(10-6-17(2)7-16-10)11-8(13)4-3-5-9(11)14/h3-7,12,15H,1-2H3. The Balaban J connectivity index is 2.49. The van der Waals surface area contributed by atoms with Crippen molar-refractivity contribution in [1.29, 1.82) is 0 Å². The molecule has 0 saturated heterocycles. The number of imidazole rings is 1. The van der Waals surface area contributed by atoms with Gasteiger partial charge in [-0.3, -0.25) is 0 Å². The second kappa shape index (κ2) is 4.63. The molecule has 0 aliphatic carbocycles. The summed E-state index contributed by atoms with van der Waals surface area (Å²) in [7, 11) is 3.45. The summed E-state index contributed by atoms with van der Waals surface area (Å²) < 4.78 is 29.1. The third kappa shape index (κ3) is 2.19. The summed E-state index contributed by atoms with van der Waals surface area (Å²) >= 11 is 0. The molecular formula is C12H13F2N3. The van der Waals surface area contributed by atoms with E-state index in [1.165, 1.54) is 18.2 Å². The molecule has 3 nitrogen and oxygen atoms in total. The van der Waals surface area contributed by atoms with Gasteiger partial charge in [-0.05, 0) is 19.2 Å². The molecule has 0 radical (unpaired) electrons. The molecule has 90 valence electrons. The van der Waals surface area contributed by atoms with E-state index >= 15 is 0 Å². The van der Waals surface area contributed by atoms with E-state index in [1.54, 1.807) is 31.2 Å². The molecule has 2 aromatic rings. The minimum absolute atomic E-state index is 0.00583. The molecule has 17 heavy (non-hydrogen) atoms. The zero-order valence-electron chi connectivity index (χ0n) is 9.61. The number of nitrogens with one attached hydrogen (secondary N) is 1. The topological polar surface area (TPSA) is 29.9 Å². The highest BCUT2D eigenvalue weighted by molar-refractivity contribution is 5.29. The molecule has 1 aromatic heterocycles. The van der Waals surface area contributed by atoms with Gasteiger partial charge in [0.25, 0.3) is 0 Å². The van der Waals surface area contributed by atoms with Crippen LogP contribution in [0.25, 0.3) is 0 Å². The van der Waals surface area contributed by atoms with Gasteiger partial charge in [-0.25, -0.2) is 13.8 Å². The second-order valence-corrected chi connectivity index (χ2v) is 3.82. The fourth-order valence-electron chi connectivity index (χ4n) is 1.81. The van der Waals surface area contributed by atoms with E-state index < -0.39 is 17.7 Å². The predicted octanol–water partition coefficient (Wildman–Crippen LogP) is 2.01. The van der Waals surface area contributed by atoms with Crippen molar-refractivity contribution in [2.24, 2.45) is 7.05 Å². The van der Waals surface area contributed by atoms with Crippen molar-refractivity contribution in [3.63, 3.8) is 0 Å². The van der Waals surface area contributed by atoms with Crippen LogP contribution >= 0.6 is 0 Å². The Bertz CT molecular complexity index is 502. The van der Waals surface area contributed by atoms with Crippen molar-refractivity contribution in [2.75, 3.05) is 7.05 Å². The van der Waals surface area contributed by atoms with Crippen LogP contribution in [0.5, 0.6) is 0 Å². The molecule has 0 fully saturated rings. The summed E-state index contributed by atoms with van der Waals surface area (Å²) in [6.07, 6.45) is 3.32. The van der Waals surface area contributed by atoms with Gasteiger partial charge < -0.3 is 9.88 Å².